The van der Waals surface area contributed by atoms with Crippen molar-refractivity contribution in [3.05, 3.63) is 65.7 Å². The Labute approximate surface area is 157 Å². The van der Waals surface area contributed by atoms with Crippen molar-refractivity contribution >= 4 is 17.5 Å². The van der Waals surface area contributed by atoms with Crippen molar-refractivity contribution in [2.75, 3.05) is 18.4 Å². The SMILES string of the molecule is CC(C)[C@@H](NCC(=O)NCC(=O)Nc1ccc(F)c(F)c1)c1ccccc1. The Morgan fingerprint density at radius 1 is 0.926 bits per heavy atom. The number of hydrogen-bond donors (Lipinski definition) is 3. The van der Waals surface area contributed by atoms with Gasteiger partial charge in [-0.15, -0.1) is 0 Å². The topological polar surface area (TPSA) is 70.2 Å². The molecule has 27 heavy (non-hydrogen) atoms. The van der Waals surface area contributed by atoms with E-state index in [4.69, 9.17) is 0 Å². The molecule has 0 saturated carbocycles. The van der Waals surface area contributed by atoms with Gasteiger partial charge in [-0.05, 0) is 23.6 Å². The molecule has 0 heterocycles. The third kappa shape index (κ3) is 6.45. The van der Waals surface area contributed by atoms with Crippen molar-refractivity contribution < 1.29 is 18.4 Å². The normalized spacial score (nSPS) is 11.9. The summed E-state index contributed by atoms with van der Waals surface area (Å²) in [5, 5.41) is 8.07. The van der Waals surface area contributed by atoms with Gasteiger partial charge in [-0.2, -0.15) is 0 Å². The molecular weight excluding hydrogens is 352 g/mol. The van der Waals surface area contributed by atoms with Gasteiger partial charge in [-0.3, -0.25) is 9.59 Å². The number of amides is 2. The smallest absolute Gasteiger partial charge is 0.243 e. The molecule has 5 nitrogen and oxygen atoms in total. The van der Waals surface area contributed by atoms with Crippen LogP contribution < -0.4 is 16.0 Å². The zero-order valence-electron chi connectivity index (χ0n) is 15.3. The Kier molecular flexibility index (Phi) is 7.43. The van der Waals surface area contributed by atoms with Crippen LogP contribution in [0.4, 0.5) is 14.5 Å². The molecule has 3 N–H and O–H groups in total. The highest BCUT2D eigenvalue weighted by molar-refractivity contribution is 5.94. The summed E-state index contributed by atoms with van der Waals surface area (Å²) in [4.78, 5) is 23.8. The molecule has 0 saturated heterocycles. The minimum absolute atomic E-state index is 0.00738. The van der Waals surface area contributed by atoms with Crippen molar-refractivity contribution in [2.45, 2.75) is 19.9 Å². The van der Waals surface area contributed by atoms with E-state index < -0.39 is 17.5 Å². The second-order valence-electron chi connectivity index (χ2n) is 6.47. The van der Waals surface area contributed by atoms with E-state index in [0.717, 1.165) is 17.7 Å². The van der Waals surface area contributed by atoms with Crippen molar-refractivity contribution in [3.8, 4) is 0 Å². The Bertz CT molecular complexity index is 782. The van der Waals surface area contributed by atoms with Crippen LogP contribution in [0, 0.1) is 17.6 Å². The highest BCUT2D eigenvalue weighted by Gasteiger charge is 2.16. The number of carbonyl (C=O) groups excluding carboxylic acids is 2. The summed E-state index contributed by atoms with van der Waals surface area (Å²) >= 11 is 0. The third-order valence-electron chi connectivity index (χ3n) is 3.96. The van der Waals surface area contributed by atoms with Gasteiger partial charge in [0.2, 0.25) is 11.8 Å². The first-order valence-electron chi connectivity index (χ1n) is 8.66. The molecule has 0 aliphatic carbocycles. The number of anilines is 1. The monoisotopic (exact) mass is 375 g/mol. The van der Waals surface area contributed by atoms with Crippen LogP contribution in [0.25, 0.3) is 0 Å². The number of nitrogens with one attached hydrogen (secondary N) is 3. The highest BCUT2D eigenvalue weighted by Crippen LogP contribution is 2.20. The first-order chi connectivity index (χ1) is 12.9. The number of rotatable bonds is 8. The molecule has 0 aliphatic heterocycles. The van der Waals surface area contributed by atoms with E-state index in [9.17, 15) is 18.4 Å². The Balaban J connectivity index is 1.79. The molecule has 0 aliphatic rings. The van der Waals surface area contributed by atoms with Crippen LogP contribution in [0.1, 0.15) is 25.5 Å². The molecule has 1 atom stereocenters. The summed E-state index contributed by atoms with van der Waals surface area (Å²) in [6, 6.07) is 12.8. The summed E-state index contributed by atoms with van der Waals surface area (Å²) in [5.41, 5.74) is 1.20. The van der Waals surface area contributed by atoms with E-state index in [1.54, 1.807) is 0 Å². The predicted molar refractivity (Wildman–Crippen MR) is 100 cm³/mol. The summed E-state index contributed by atoms with van der Waals surface area (Å²) in [6.07, 6.45) is 0. The lowest BCUT2D eigenvalue weighted by atomic mass is 9.96. The van der Waals surface area contributed by atoms with Crippen LogP contribution in [0.15, 0.2) is 48.5 Å². The van der Waals surface area contributed by atoms with E-state index in [0.29, 0.717) is 0 Å². The fourth-order valence-electron chi connectivity index (χ4n) is 2.62. The molecule has 0 bridgehead atoms. The molecule has 0 unspecified atom stereocenters. The third-order valence-corrected chi connectivity index (χ3v) is 3.96. The van der Waals surface area contributed by atoms with Gasteiger partial charge < -0.3 is 16.0 Å². The minimum atomic E-state index is -1.05. The fourth-order valence-corrected chi connectivity index (χ4v) is 2.62. The Morgan fingerprint density at radius 3 is 2.26 bits per heavy atom. The van der Waals surface area contributed by atoms with Crippen LogP contribution in [-0.4, -0.2) is 24.9 Å². The lowest BCUT2D eigenvalue weighted by Crippen LogP contribution is -2.40. The molecule has 0 aromatic heterocycles. The van der Waals surface area contributed by atoms with Gasteiger partial charge in [0.05, 0.1) is 13.1 Å². The number of carbonyl (C=O) groups is 2. The van der Waals surface area contributed by atoms with E-state index >= 15 is 0 Å². The predicted octanol–water partition coefficient (Wildman–Crippen LogP) is 3.01. The zero-order chi connectivity index (χ0) is 19.8. The molecule has 2 amide bonds. The minimum Gasteiger partial charge on any atom is -0.346 e. The molecule has 0 fully saturated rings. The largest absolute Gasteiger partial charge is 0.346 e. The molecule has 7 heteroatoms. The molecule has 0 spiro atoms. The summed E-state index contributed by atoms with van der Waals surface area (Å²) in [5.74, 6) is -2.64. The van der Waals surface area contributed by atoms with Crippen LogP contribution in [0.5, 0.6) is 0 Å². The maximum Gasteiger partial charge on any atom is 0.243 e. The average Bonchev–Trinajstić information content (AvgIpc) is 2.64. The molecule has 144 valence electrons. The average molecular weight is 375 g/mol. The van der Waals surface area contributed by atoms with Crippen LogP contribution in [-0.2, 0) is 9.59 Å². The van der Waals surface area contributed by atoms with Crippen LogP contribution in [0.2, 0.25) is 0 Å². The van der Waals surface area contributed by atoms with E-state index in [2.05, 4.69) is 29.8 Å². The number of halogens is 2. The Morgan fingerprint density at radius 2 is 1.63 bits per heavy atom. The lowest BCUT2D eigenvalue weighted by molar-refractivity contribution is -0.123. The van der Waals surface area contributed by atoms with Gasteiger partial charge in [0.25, 0.3) is 0 Å². The molecular formula is C20H23F2N3O2. The fraction of sp³-hybridized carbons (Fsp3) is 0.300. The summed E-state index contributed by atoms with van der Waals surface area (Å²) in [7, 11) is 0. The van der Waals surface area contributed by atoms with Crippen molar-refractivity contribution in [1.82, 2.24) is 10.6 Å². The van der Waals surface area contributed by atoms with Crippen molar-refractivity contribution in [3.63, 3.8) is 0 Å². The maximum absolute atomic E-state index is 13.1. The van der Waals surface area contributed by atoms with Crippen molar-refractivity contribution in [2.24, 2.45) is 5.92 Å². The number of benzene rings is 2. The van der Waals surface area contributed by atoms with Gasteiger partial charge in [0.1, 0.15) is 0 Å². The second-order valence-corrected chi connectivity index (χ2v) is 6.47. The first-order valence-corrected chi connectivity index (χ1v) is 8.66. The van der Waals surface area contributed by atoms with Crippen LogP contribution >= 0.6 is 0 Å². The highest BCUT2D eigenvalue weighted by atomic mass is 19.2. The molecule has 2 rings (SSSR count). The van der Waals surface area contributed by atoms with E-state index in [1.165, 1.54) is 6.07 Å². The van der Waals surface area contributed by atoms with Gasteiger partial charge in [0.15, 0.2) is 11.6 Å². The zero-order valence-corrected chi connectivity index (χ0v) is 15.3. The van der Waals surface area contributed by atoms with E-state index in [1.807, 2.05) is 30.3 Å². The lowest BCUT2D eigenvalue weighted by Gasteiger charge is -2.22. The van der Waals surface area contributed by atoms with E-state index in [-0.39, 0.29) is 36.6 Å². The van der Waals surface area contributed by atoms with Crippen LogP contribution in [0.3, 0.4) is 0 Å². The molecule has 2 aromatic carbocycles. The van der Waals surface area contributed by atoms with Gasteiger partial charge in [0, 0.05) is 17.8 Å². The molecule has 2 aromatic rings. The van der Waals surface area contributed by atoms with Crippen molar-refractivity contribution in [1.29, 1.82) is 0 Å². The Hall–Kier alpha value is -2.80. The summed E-state index contributed by atoms with van der Waals surface area (Å²) in [6.45, 7) is 3.89. The van der Waals surface area contributed by atoms with Gasteiger partial charge in [-0.25, -0.2) is 8.78 Å². The maximum atomic E-state index is 13.1. The second kappa shape index (κ2) is 9.78. The van der Waals surface area contributed by atoms with Gasteiger partial charge in [-0.1, -0.05) is 44.2 Å². The standard InChI is InChI=1S/C20H23F2N3O2/c1-13(2)20(14-6-4-3-5-7-14)24-11-18(26)23-12-19(27)25-15-8-9-16(21)17(22)10-15/h3-10,13,20,24H,11-12H2,1-2H3,(H,23,26)(H,25,27)/t20-/m1/s1. The van der Waals surface area contributed by atoms with Gasteiger partial charge >= 0.3 is 0 Å². The summed E-state index contributed by atoms with van der Waals surface area (Å²) < 4.78 is 26.0. The number of hydrogen-bond acceptors (Lipinski definition) is 3. The quantitative estimate of drug-likeness (QED) is 0.664. The molecule has 0 radical (unpaired) electrons. The first kappa shape index (κ1) is 20.5.